The Labute approximate surface area is 78.0 Å². The largest absolute Gasteiger partial charge is 0.337 e. The van der Waals surface area contributed by atoms with Gasteiger partial charge in [-0.3, -0.25) is 11.3 Å². The van der Waals surface area contributed by atoms with Gasteiger partial charge in [0.15, 0.2) is 0 Å². The summed E-state index contributed by atoms with van der Waals surface area (Å²) >= 11 is 0. The number of halogens is 2. The van der Waals surface area contributed by atoms with Gasteiger partial charge in [0.25, 0.3) is 0 Å². The van der Waals surface area contributed by atoms with Crippen LogP contribution in [0.5, 0.6) is 0 Å². The fourth-order valence-corrected chi connectivity index (χ4v) is 0.658. The van der Waals surface area contributed by atoms with E-state index in [0.717, 1.165) is 5.82 Å². The quantitative estimate of drug-likeness (QED) is 0.529. The summed E-state index contributed by atoms with van der Waals surface area (Å²) in [7, 11) is 1.93. The van der Waals surface area contributed by atoms with Crippen molar-refractivity contribution >= 4 is 24.8 Å². The summed E-state index contributed by atoms with van der Waals surface area (Å²) in [6.45, 7) is 0.615. The first kappa shape index (κ1) is 13.3. The molecular weight excluding hydrogens is 187 g/mol. The lowest BCUT2D eigenvalue weighted by Crippen LogP contribution is -2.22. The Kier molecular flexibility index (Phi) is 7.77. The Morgan fingerprint density at radius 2 is 2.27 bits per heavy atom. The normalized spacial score (nSPS) is 8.18. The molecule has 4 nitrogen and oxygen atoms in total. The van der Waals surface area contributed by atoms with Crippen LogP contribution in [0.2, 0.25) is 0 Å². The lowest BCUT2D eigenvalue weighted by molar-refractivity contribution is 0.668. The Morgan fingerprint density at radius 1 is 1.64 bits per heavy atom. The van der Waals surface area contributed by atoms with Crippen LogP contribution in [0.1, 0.15) is 5.82 Å². The highest BCUT2D eigenvalue weighted by molar-refractivity contribution is 5.85. The number of aryl methyl sites for hydroxylation is 1. The van der Waals surface area contributed by atoms with Crippen LogP contribution in [0, 0.1) is 0 Å². The first-order valence-electron chi connectivity index (χ1n) is 2.74. The Balaban J connectivity index is 0. The maximum absolute atomic E-state index is 5.09. The highest BCUT2D eigenvalue weighted by atomic mass is 35.5. The molecule has 0 saturated heterocycles. The van der Waals surface area contributed by atoms with E-state index in [9.17, 15) is 0 Å². The second-order valence-corrected chi connectivity index (χ2v) is 1.84. The maximum Gasteiger partial charge on any atom is 0.123 e. The molecule has 0 atom stereocenters. The van der Waals surface area contributed by atoms with Crippen molar-refractivity contribution in [3.63, 3.8) is 0 Å². The minimum absolute atomic E-state index is 0. The van der Waals surface area contributed by atoms with Crippen molar-refractivity contribution in [2.24, 2.45) is 12.9 Å². The summed E-state index contributed by atoms with van der Waals surface area (Å²) in [6, 6.07) is 0. The molecule has 0 aliphatic carbocycles. The van der Waals surface area contributed by atoms with Crippen LogP contribution in [0.15, 0.2) is 12.4 Å². The third-order valence-corrected chi connectivity index (χ3v) is 1.18. The summed E-state index contributed by atoms with van der Waals surface area (Å²) in [6.07, 6.45) is 3.62. The topological polar surface area (TPSA) is 55.9 Å². The average Bonchev–Trinajstić information content (AvgIpc) is 2.18. The summed E-state index contributed by atoms with van der Waals surface area (Å²) in [5, 5.41) is 0. The zero-order valence-corrected chi connectivity index (χ0v) is 7.78. The SMILES string of the molecule is Cl.Cl.Cn1ccnc1CNN. The zero-order valence-electron chi connectivity index (χ0n) is 6.15. The van der Waals surface area contributed by atoms with Crippen LogP contribution in [-0.4, -0.2) is 9.55 Å². The van der Waals surface area contributed by atoms with Crippen LogP contribution in [0.4, 0.5) is 0 Å². The monoisotopic (exact) mass is 198 g/mol. The van der Waals surface area contributed by atoms with Gasteiger partial charge in [-0.1, -0.05) is 0 Å². The molecule has 1 heterocycles. The Bertz CT molecular complexity index is 188. The van der Waals surface area contributed by atoms with Crippen molar-refractivity contribution in [3.05, 3.63) is 18.2 Å². The highest BCUT2D eigenvalue weighted by Gasteiger charge is 1.93. The van der Waals surface area contributed by atoms with E-state index in [1.807, 2.05) is 17.8 Å². The van der Waals surface area contributed by atoms with E-state index in [1.54, 1.807) is 6.20 Å². The van der Waals surface area contributed by atoms with Crippen LogP contribution in [0.3, 0.4) is 0 Å². The molecule has 0 unspecified atom stereocenters. The van der Waals surface area contributed by atoms with E-state index in [4.69, 9.17) is 5.84 Å². The van der Waals surface area contributed by atoms with Crippen molar-refractivity contribution in [3.8, 4) is 0 Å². The van der Waals surface area contributed by atoms with Crippen LogP contribution in [0.25, 0.3) is 0 Å². The molecule has 0 aliphatic heterocycles. The fraction of sp³-hybridized carbons (Fsp3) is 0.400. The van der Waals surface area contributed by atoms with Crippen LogP contribution < -0.4 is 11.3 Å². The number of aromatic nitrogens is 2. The number of hydrogen-bond acceptors (Lipinski definition) is 3. The minimum Gasteiger partial charge on any atom is -0.337 e. The number of hydrogen-bond donors (Lipinski definition) is 2. The second-order valence-electron chi connectivity index (χ2n) is 1.84. The average molecular weight is 199 g/mol. The zero-order chi connectivity index (χ0) is 6.69. The summed E-state index contributed by atoms with van der Waals surface area (Å²) < 4.78 is 1.92. The van der Waals surface area contributed by atoms with E-state index in [0.29, 0.717) is 6.54 Å². The minimum atomic E-state index is 0. The predicted octanol–water partition coefficient (Wildman–Crippen LogP) is 0.227. The molecule has 1 rings (SSSR count). The highest BCUT2D eigenvalue weighted by Crippen LogP contribution is 1.90. The first-order chi connectivity index (χ1) is 4.34. The van der Waals surface area contributed by atoms with Crippen molar-refractivity contribution in [2.45, 2.75) is 6.54 Å². The Morgan fingerprint density at radius 3 is 2.64 bits per heavy atom. The number of nitrogens with zero attached hydrogens (tertiary/aromatic N) is 2. The molecule has 3 N–H and O–H groups in total. The lowest BCUT2D eigenvalue weighted by atomic mass is 10.6. The molecule has 0 aliphatic rings. The molecule has 66 valence electrons. The maximum atomic E-state index is 5.09. The molecule has 6 heteroatoms. The summed E-state index contributed by atoms with van der Waals surface area (Å²) in [4.78, 5) is 4.03. The lowest BCUT2D eigenvalue weighted by Gasteiger charge is -1.97. The van der Waals surface area contributed by atoms with Crippen molar-refractivity contribution in [1.29, 1.82) is 0 Å². The number of hydrazine groups is 1. The number of rotatable bonds is 2. The van der Waals surface area contributed by atoms with Crippen molar-refractivity contribution in [1.82, 2.24) is 15.0 Å². The van der Waals surface area contributed by atoms with Gasteiger partial charge in [0.2, 0.25) is 0 Å². The van der Waals surface area contributed by atoms with Crippen LogP contribution >= 0.6 is 24.8 Å². The molecular formula is C5H12Cl2N4. The molecule has 0 spiro atoms. The molecule has 1 aromatic heterocycles. The molecule has 0 fully saturated rings. The van der Waals surface area contributed by atoms with Gasteiger partial charge in [-0.2, -0.15) is 0 Å². The molecule has 1 aromatic rings. The summed E-state index contributed by atoms with van der Waals surface area (Å²) in [5.41, 5.74) is 2.53. The van der Waals surface area contributed by atoms with Crippen molar-refractivity contribution < 1.29 is 0 Å². The second kappa shape index (κ2) is 6.42. The van der Waals surface area contributed by atoms with E-state index in [2.05, 4.69) is 10.4 Å². The fourth-order valence-electron chi connectivity index (χ4n) is 0.658. The third kappa shape index (κ3) is 3.57. The van der Waals surface area contributed by atoms with Gasteiger partial charge in [0.1, 0.15) is 5.82 Å². The summed E-state index contributed by atoms with van der Waals surface area (Å²) in [5.74, 6) is 6.03. The Hall–Kier alpha value is -0.290. The molecule has 0 bridgehead atoms. The molecule has 11 heavy (non-hydrogen) atoms. The molecule has 0 aromatic carbocycles. The molecule has 0 saturated carbocycles. The third-order valence-electron chi connectivity index (χ3n) is 1.18. The number of imidazole rings is 1. The van der Waals surface area contributed by atoms with Gasteiger partial charge in [-0.25, -0.2) is 4.98 Å². The van der Waals surface area contributed by atoms with Gasteiger partial charge in [0.05, 0.1) is 6.54 Å². The van der Waals surface area contributed by atoms with Crippen molar-refractivity contribution in [2.75, 3.05) is 0 Å². The predicted molar refractivity (Wildman–Crippen MR) is 48.7 cm³/mol. The number of nitrogens with one attached hydrogen (secondary N) is 1. The van der Waals surface area contributed by atoms with Gasteiger partial charge >= 0.3 is 0 Å². The van der Waals surface area contributed by atoms with E-state index in [1.165, 1.54) is 0 Å². The number of nitrogens with two attached hydrogens (primary N) is 1. The van der Waals surface area contributed by atoms with Gasteiger partial charge in [0, 0.05) is 19.4 Å². The molecule has 0 radical (unpaired) electrons. The standard InChI is InChI=1S/C5H10N4.2ClH/c1-9-3-2-7-5(9)4-8-6;;/h2-3,8H,4,6H2,1H3;2*1H. The first-order valence-corrected chi connectivity index (χ1v) is 2.74. The van der Waals surface area contributed by atoms with Crippen LogP contribution in [-0.2, 0) is 13.6 Å². The van der Waals surface area contributed by atoms with E-state index >= 15 is 0 Å². The van der Waals surface area contributed by atoms with Gasteiger partial charge in [-0.15, -0.1) is 24.8 Å². The molecule has 0 amide bonds. The smallest absolute Gasteiger partial charge is 0.123 e. The van der Waals surface area contributed by atoms with Gasteiger partial charge in [-0.05, 0) is 0 Å². The van der Waals surface area contributed by atoms with E-state index < -0.39 is 0 Å². The van der Waals surface area contributed by atoms with E-state index in [-0.39, 0.29) is 24.8 Å². The van der Waals surface area contributed by atoms with Gasteiger partial charge < -0.3 is 4.57 Å².